The van der Waals surface area contributed by atoms with Gasteiger partial charge in [-0.05, 0) is 33.2 Å². The average molecular weight is 376 g/mol. The standard InChI is InChI=1S/C10H10O2.C8H11OP.C3H8.CH4/c1-10(2)8-6-4-3-5-7(8)9(11)12-10;1-10(2,9)8-6-4-3-5-7-8;1-3-2;/h3-6H,1-2H3;3-7H,1-2H3;3H2,1-2H3;1H4. The quantitative estimate of drug-likeness (QED) is 0.447. The molecular formula is C22H33O3P. The number of carbonyl (C=O) groups excluding carboxylic acids is 1. The van der Waals surface area contributed by atoms with Gasteiger partial charge in [0.25, 0.3) is 0 Å². The van der Waals surface area contributed by atoms with Crippen LogP contribution in [0.4, 0.5) is 0 Å². The number of hydrogen-bond acceptors (Lipinski definition) is 3. The fourth-order valence-corrected chi connectivity index (χ4v) is 3.20. The molecule has 0 N–H and O–H groups in total. The van der Waals surface area contributed by atoms with Gasteiger partial charge in [0.1, 0.15) is 12.7 Å². The van der Waals surface area contributed by atoms with Crippen LogP contribution < -0.4 is 5.30 Å². The zero-order valence-corrected chi connectivity index (χ0v) is 17.0. The maximum Gasteiger partial charge on any atom is 0.339 e. The maximum absolute atomic E-state index is 11.4. The van der Waals surface area contributed by atoms with Crippen LogP contribution in [0.5, 0.6) is 0 Å². The molecule has 0 spiro atoms. The van der Waals surface area contributed by atoms with Crippen molar-refractivity contribution in [3.63, 3.8) is 0 Å². The molecule has 0 atom stereocenters. The maximum atomic E-state index is 11.4. The van der Waals surface area contributed by atoms with E-state index in [1.807, 2.05) is 62.4 Å². The molecular weight excluding hydrogens is 343 g/mol. The normalized spacial score (nSPS) is 13.7. The highest BCUT2D eigenvalue weighted by Gasteiger charge is 2.36. The predicted molar refractivity (Wildman–Crippen MR) is 113 cm³/mol. The third-order valence-electron chi connectivity index (χ3n) is 3.52. The number of rotatable bonds is 1. The molecule has 0 aliphatic carbocycles. The van der Waals surface area contributed by atoms with Crippen LogP contribution in [0, 0.1) is 0 Å². The van der Waals surface area contributed by atoms with Crippen LogP contribution in [-0.4, -0.2) is 19.3 Å². The van der Waals surface area contributed by atoms with Gasteiger partial charge in [0.15, 0.2) is 0 Å². The number of carbonyl (C=O) groups is 1. The van der Waals surface area contributed by atoms with Crippen molar-refractivity contribution < 1.29 is 14.1 Å². The Morgan fingerprint density at radius 3 is 1.81 bits per heavy atom. The second-order valence-corrected chi connectivity index (χ2v) is 10.1. The Balaban J connectivity index is 0.000000410. The van der Waals surface area contributed by atoms with E-state index in [-0.39, 0.29) is 13.4 Å². The Labute approximate surface area is 159 Å². The molecule has 0 fully saturated rings. The first kappa shape index (κ1) is 24.1. The van der Waals surface area contributed by atoms with Gasteiger partial charge in [-0.3, -0.25) is 0 Å². The van der Waals surface area contributed by atoms with E-state index in [4.69, 9.17) is 4.74 Å². The highest BCUT2D eigenvalue weighted by Crippen LogP contribution is 2.35. The number of hydrogen-bond donors (Lipinski definition) is 0. The number of benzene rings is 2. The largest absolute Gasteiger partial charge is 0.451 e. The lowest BCUT2D eigenvalue weighted by molar-refractivity contribution is 0.00954. The van der Waals surface area contributed by atoms with Gasteiger partial charge in [-0.2, -0.15) is 0 Å². The molecule has 3 nitrogen and oxygen atoms in total. The number of esters is 1. The van der Waals surface area contributed by atoms with E-state index in [2.05, 4.69) is 13.8 Å². The number of ether oxygens (including phenoxy) is 1. The van der Waals surface area contributed by atoms with Crippen LogP contribution in [-0.2, 0) is 14.9 Å². The number of cyclic esters (lactones) is 1. The van der Waals surface area contributed by atoms with E-state index in [0.29, 0.717) is 5.56 Å². The van der Waals surface area contributed by atoms with Crippen molar-refractivity contribution >= 4 is 18.4 Å². The van der Waals surface area contributed by atoms with Crippen molar-refractivity contribution in [2.45, 2.75) is 47.1 Å². The van der Waals surface area contributed by atoms with Crippen LogP contribution in [0.1, 0.15) is 57.5 Å². The van der Waals surface area contributed by atoms with E-state index in [1.165, 1.54) is 6.42 Å². The summed E-state index contributed by atoms with van der Waals surface area (Å²) in [5, 5.41) is 0.954. The molecule has 1 aliphatic heterocycles. The molecule has 0 saturated heterocycles. The van der Waals surface area contributed by atoms with Crippen molar-refractivity contribution in [1.82, 2.24) is 0 Å². The lowest BCUT2D eigenvalue weighted by atomic mass is 9.96. The molecule has 0 bridgehead atoms. The van der Waals surface area contributed by atoms with Crippen LogP contribution in [0.3, 0.4) is 0 Å². The fourth-order valence-electron chi connectivity index (χ4n) is 2.31. The molecule has 0 amide bonds. The summed E-state index contributed by atoms with van der Waals surface area (Å²) in [5.41, 5.74) is 1.23. The van der Waals surface area contributed by atoms with E-state index in [9.17, 15) is 9.36 Å². The Morgan fingerprint density at radius 1 is 0.923 bits per heavy atom. The minimum absolute atomic E-state index is 0. The van der Waals surface area contributed by atoms with Gasteiger partial charge < -0.3 is 9.30 Å². The van der Waals surface area contributed by atoms with Crippen LogP contribution in [0.25, 0.3) is 0 Å². The molecule has 3 rings (SSSR count). The van der Waals surface area contributed by atoms with E-state index in [0.717, 1.165) is 10.9 Å². The fraction of sp³-hybridized carbons (Fsp3) is 0.409. The topological polar surface area (TPSA) is 43.4 Å². The Bertz CT molecular complexity index is 730. The molecule has 4 heteroatoms. The highest BCUT2D eigenvalue weighted by atomic mass is 31.2. The molecule has 2 aromatic rings. The molecule has 0 unspecified atom stereocenters. The molecule has 26 heavy (non-hydrogen) atoms. The Kier molecular flexibility index (Phi) is 9.59. The smallest absolute Gasteiger partial charge is 0.339 e. The van der Waals surface area contributed by atoms with Gasteiger partial charge in [0.05, 0.1) is 5.56 Å². The first-order chi connectivity index (χ1) is 11.6. The van der Waals surface area contributed by atoms with Gasteiger partial charge in [-0.15, -0.1) is 0 Å². The third-order valence-corrected chi connectivity index (χ3v) is 5.06. The van der Waals surface area contributed by atoms with Crippen molar-refractivity contribution in [3.05, 3.63) is 65.7 Å². The summed E-state index contributed by atoms with van der Waals surface area (Å²) >= 11 is 0. The van der Waals surface area contributed by atoms with Gasteiger partial charge in [0, 0.05) is 10.9 Å². The Hall–Kier alpha value is -1.86. The summed E-state index contributed by atoms with van der Waals surface area (Å²) in [4.78, 5) is 11.3. The summed E-state index contributed by atoms with van der Waals surface area (Å²) in [6.45, 7) is 11.6. The van der Waals surface area contributed by atoms with Crippen LogP contribution in [0.2, 0.25) is 0 Å². The Morgan fingerprint density at radius 2 is 1.38 bits per heavy atom. The SMILES string of the molecule is C.CC1(C)OC(=O)c2ccccc21.CCC.CP(C)(=O)c1ccccc1. The predicted octanol–water partition coefficient (Wildman–Crippen LogP) is 6.08. The zero-order chi connectivity index (χ0) is 19.1. The van der Waals surface area contributed by atoms with Crippen molar-refractivity contribution in [1.29, 1.82) is 0 Å². The lowest BCUT2D eigenvalue weighted by Crippen LogP contribution is -2.15. The highest BCUT2D eigenvalue weighted by molar-refractivity contribution is 7.70. The molecule has 1 aliphatic rings. The molecule has 0 saturated carbocycles. The molecule has 2 aromatic carbocycles. The lowest BCUT2D eigenvalue weighted by Gasteiger charge is -2.16. The van der Waals surface area contributed by atoms with Crippen LogP contribution >= 0.6 is 7.14 Å². The molecule has 1 heterocycles. The van der Waals surface area contributed by atoms with Crippen molar-refractivity contribution in [2.75, 3.05) is 13.3 Å². The minimum Gasteiger partial charge on any atom is -0.451 e. The number of fused-ring (bicyclic) bond motifs is 1. The van der Waals surface area contributed by atoms with Crippen LogP contribution in [0.15, 0.2) is 54.6 Å². The molecule has 0 radical (unpaired) electrons. The molecule has 144 valence electrons. The average Bonchev–Trinajstić information content (AvgIpc) is 2.79. The summed E-state index contributed by atoms with van der Waals surface area (Å²) < 4.78 is 16.6. The van der Waals surface area contributed by atoms with Gasteiger partial charge in [-0.25, -0.2) is 4.79 Å². The summed E-state index contributed by atoms with van der Waals surface area (Å²) in [6.07, 6.45) is 1.25. The summed E-state index contributed by atoms with van der Waals surface area (Å²) in [5.74, 6) is -0.212. The van der Waals surface area contributed by atoms with Gasteiger partial charge in [-0.1, -0.05) is 76.2 Å². The van der Waals surface area contributed by atoms with E-state index in [1.54, 1.807) is 19.4 Å². The first-order valence-electron chi connectivity index (χ1n) is 8.57. The third kappa shape index (κ3) is 6.80. The van der Waals surface area contributed by atoms with Gasteiger partial charge in [0.2, 0.25) is 0 Å². The van der Waals surface area contributed by atoms with E-state index >= 15 is 0 Å². The van der Waals surface area contributed by atoms with Gasteiger partial charge >= 0.3 is 5.97 Å². The van der Waals surface area contributed by atoms with Crippen molar-refractivity contribution in [3.8, 4) is 0 Å². The summed E-state index contributed by atoms with van der Waals surface area (Å²) in [7, 11) is -2.02. The van der Waals surface area contributed by atoms with E-state index < -0.39 is 12.7 Å². The second-order valence-electron chi connectivity index (χ2n) is 6.84. The van der Waals surface area contributed by atoms with Crippen molar-refractivity contribution in [2.24, 2.45) is 0 Å². The second kappa shape index (κ2) is 10.3. The first-order valence-corrected chi connectivity index (χ1v) is 11.2. The zero-order valence-electron chi connectivity index (χ0n) is 16.1. The molecule has 0 aromatic heterocycles. The monoisotopic (exact) mass is 376 g/mol. The minimum atomic E-state index is -2.02. The summed E-state index contributed by atoms with van der Waals surface area (Å²) in [6, 6.07) is 17.1.